The summed E-state index contributed by atoms with van der Waals surface area (Å²) < 4.78 is 5.37. The standard InChI is InChI=1S/C9H17NO/c1-3-7(2)9(10)8-5-4-6-11-8/h5,7,9H,3-4,6,10H2,1-2H3. The number of nitrogens with two attached hydrogens (primary N) is 1. The van der Waals surface area contributed by atoms with E-state index in [9.17, 15) is 0 Å². The number of ether oxygens (including phenoxy) is 1. The van der Waals surface area contributed by atoms with Crippen LogP contribution in [-0.4, -0.2) is 12.6 Å². The molecule has 1 aliphatic rings. The molecule has 2 atom stereocenters. The summed E-state index contributed by atoms with van der Waals surface area (Å²) in [5.74, 6) is 1.53. The Morgan fingerprint density at radius 2 is 2.45 bits per heavy atom. The Morgan fingerprint density at radius 1 is 1.73 bits per heavy atom. The molecule has 1 rings (SSSR count). The topological polar surface area (TPSA) is 35.2 Å². The minimum absolute atomic E-state index is 0.113. The Morgan fingerprint density at radius 3 is 2.91 bits per heavy atom. The molecule has 64 valence electrons. The van der Waals surface area contributed by atoms with Gasteiger partial charge in [-0.25, -0.2) is 0 Å². The van der Waals surface area contributed by atoms with Crippen LogP contribution in [0.2, 0.25) is 0 Å². The molecule has 0 fully saturated rings. The van der Waals surface area contributed by atoms with Gasteiger partial charge in [-0.2, -0.15) is 0 Å². The van der Waals surface area contributed by atoms with E-state index in [1.807, 2.05) is 0 Å². The lowest BCUT2D eigenvalue weighted by atomic mass is 9.98. The van der Waals surface area contributed by atoms with Crippen LogP contribution in [0.1, 0.15) is 26.7 Å². The first kappa shape index (κ1) is 8.60. The van der Waals surface area contributed by atoms with E-state index < -0.39 is 0 Å². The first-order valence-electron chi connectivity index (χ1n) is 4.34. The maximum Gasteiger partial charge on any atom is 0.109 e. The molecule has 2 nitrogen and oxygen atoms in total. The molecule has 2 unspecified atom stereocenters. The summed E-state index contributed by atoms with van der Waals surface area (Å²) in [5, 5.41) is 0. The van der Waals surface area contributed by atoms with E-state index in [0.717, 1.165) is 25.2 Å². The van der Waals surface area contributed by atoms with Gasteiger partial charge in [-0.15, -0.1) is 0 Å². The zero-order valence-electron chi connectivity index (χ0n) is 7.34. The zero-order chi connectivity index (χ0) is 8.27. The molecule has 1 heterocycles. The lowest BCUT2D eigenvalue weighted by Crippen LogP contribution is -2.30. The minimum Gasteiger partial charge on any atom is -0.496 e. The molecule has 0 spiro atoms. The van der Waals surface area contributed by atoms with Gasteiger partial charge >= 0.3 is 0 Å². The maximum atomic E-state index is 5.94. The summed E-state index contributed by atoms with van der Waals surface area (Å²) in [6.07, 6.45) is 4.25. The predicted octanol–water partition coefficient (Wildman–Crippen LogP) is 1.66. The fourth-order valence-corrected chi connectivity index (χ4v) is 1.20. The Bertz CT molecular complexity index is 154. The van der Waals surface area contributed by atoms with Crippen molar-refractivity contribution in [3.8, 4) is 0 Å². The Balaban J connectivity index is 2.45. The van der Waals surface area contributed by atoms with Gasteiger partial charge in [0, 0.05) is 6.42 Å². The Kier molecular flexibility index (Phi) is 2.94. The van der Waals surface area contributed by atoms with Gasteiger partial charge in [-0.05, 0) is 12.0 Å². The van der Waals surface area contributed by atoms with Crippen LogP contribution in [0.4, 0.5) is 0 Å². The summed E-state index contributed by atoms with van der Waals surface area (Å²) in [6, 6.07) is 0.113. The van der Waals surface area contributed by atoms with Gasteiger partial charge in [-0.1, -0.05) is 20.3 Å². The average molecular weight is 155 g/mol. The molecule has 0 aromatic rings. The predicted molar refractivity (Wildman–Crippen MR) is 46.1 cm³/mol. The van der Waals surface area contributed by atoms with Gasteiger partial charge in [0.25, 0.3) is 0 Å². The first-order valence-corrected chi connectivity index (χ1v) is 4.34. The third-order valence-corrected chi connectivity index (χ3v) is 2.32. The smallest absolute Gasteiger partial charge is 0.109 e. The van der Waals surface area contributed by atoms with Crippen LogP contribution in [0.3, 0.4) is 0 Å². The van der Waals surface area contributed by atoms with Crippen LogP contribution in [0.25, 0.3) is 0 Å². The quantitative estimate of drug-likeness (QED) is 0.672. The first-order chi connectivity index (χ1) is 5.25. The van der Waals surface area contributed by atoms with Crippen LogP contribution >= 0.6 is 0 Å². The normalized spacial score (nSPS) is 22.3. The second-order valence-corrected chi connectivity index (χ2v) is 3.15. The monoisotopic (exact) mass is 155 g/mol. The second-order valence-electron chi connectivity index (χ2n) is 3.15. The molecule has 0 saturated carbocycles. The molecule has 0 aromatic heterocycles. The largest absolute Gasteiger partial charge is 0.496 e. The van der Waals surface area contributed by atoms with Gasteiger partial charge in [0.1, 0.15) is 5.76 Å². The van der Waals surface area contributed by atoms with Crippen molar-refractivity contribution in [2.24, 2.45) is 11.7 Å². The third kappa shape index (κ3) is 1.96. The summed E-state index contributed by atoms with van der Waals surface area (Å²) in [5.41, 5.74) is 5.94. The Hall–Kier alpha value is -0.500. The summed E-state index contributed by atoms with van der Waals surface area (Å²) >= 11 is 0. The van der Waals surface area contributed by atoms with E-state index in [-0.39, 0.29) is 6.04 Å². The van der Waals surface area contributed by atoms with E-state index >= 15 is 0 Å². The molecular formula is C9H17NO. The molecule has 2 heteroatoms. The van der Waals surface area contributed by atoms with E-state index in [0.29, 0.717) is 5.92 Å². The van der Waals surface area contributed by atoms with Crippen molar-refractivity contribution < 1.29 is 4.74 Å². The Labute approximate surface area is 68.4 Å². The van der Waals surface area contributed by atoms with Crippen LogP contribution < -0.4 is 5.73 Å². The van der Waals surface area contributed by atoms with Gasteiger partial charge < -0.3 is 10.5 Å². The molecule has 0 aliphatic carbocycles. The van der Waals surface area contributed by atoms with Crippen LogP contribution in [-0.2, 0) is 4.74 Å². The summed E-state index contributed by atoms with van der Waals surface area (Å²) in [6.45, 7) is 5.13. The van der Waals surface area contributed by atoms with Crippen molar-refractivity contribution in [3.63, 3.8) is 0 Å². The number of hydrogen-bond acceptors (Lipinski definition) is 2. The molecule has 0 amide bonds. The SMILES string of the molecule is CCC(C)C(N)C1=CCCO1. The van der Waals surface area contributed by atoms with Crippen molar-refractivity contribution in [1.82, 2.24) is 0 Å². The van der Waals surface area contributed by atoms with Gasteiger partial charge in [0.05, 0.1) is 12.6 Å². The van der Waals surface area contributed by atoms with Gasteiger partial charge in [0.15, 0.2) is 0 Å². The van der Waals surface area contributed by atoms with Gasteiger partial charge in [0.2, 0.25) is 0 Å². The maximum absolute atomic E-state index is 5.94. The van der Waals surface area contributed by atoms with Crippen molar-refractivity contribution in [2.45, 2.75) is 32.7 Å². The lowest BCUT2D eigenvalue weighted by Gasteiger charge is -2.18. The minimum atomic E-state index is 0.113. The molecule has 0 radical (unpaired) electrons. The van der Waals surface area contributed by atoms with Crippen LogP contribution in [0, 0.1) is 5.92 Å². The molecule has 0 aromatic carbocycles. The highest BCUT2D eigenvalue weighted by atomic mass is 16.5. The zero-order valence-corrected chi connectivity index (χ0v) is 7.34. The van der Waals surface area contributed by atoms with E-state index in [4.69, 9.17) is 10.5 Å². The highest BCUT2D eigenvalue weighted by Crippen LogP contribution is 2.19. The highest BCUT2D eigenvalue weighted by molar-refractivity contribution is 5.07. The summed E-state index contributed by atoms with van der Waals surface area (Å²) in [7, 11) is 0. The number of rotatable bonds is 3. The van der Waals surface area contributed by atoms with Crippen LogP contribution in [0.5, 0.6) is 0 Å². The van der Waals surface area contributed by atoms with E-state index in [1.165, 1.54) is 0 Å². The van der Waals surface area contributed by atoms with Crippen LogP contribution in [0.15, 0.2) is 11.8 Å². The van der Waals surface area contributed by atoms with Gasteiger partial charge in [-0.3, -0.25) is 0 Å². The third-order valence-electron chi connectivity index (χ3n) is 2.32. The summed E-state index contributed by atoms with van der Waals surface area (Å²) in [4.78, 5) is 0. The molecule has 2 N–H and O–H groups in total. The van der Waals surface area contributed by atoms with Crippen molar-refractivity contribution in [2.75, 3.05) is 6.61 Å². The molecule has 0 saturated heterocycles. The average Bonchev–Trinajstić information content (AvgIpc) is 2.53. The molecular weight excluding hydrogens is 138 g/mol. The van der Waals surface area contributed by atoms with Crippen molar-refractivity contribution in [1.29, 1.82) is 0 Å². The number of hydrogen-bond donors (Lipinski definition) is 1. The van der Waals surface area contributed by atoms with E-state index in [2.05, 4.69) is 19.9 Å². The van der Waals surface area contributed by atoms with Crippen molar-refractivity contribution >= 4 is 0 Å². The fourth-order valence-electron chi connectivity index (χ4n) is 1.20. The lowest BCUT2D eigenvalue weighted by molar-refractivity contribution is 0.209. The highest BCUT2D eigenvalue weighted by Gasteiger charge is 2.19. The molecule has 1 aliphatic heterocycles. The fraction of sp³-hybridized carbons (Fsp3) is 0.778. The van der Waals surface area contributed by atoms with E-state index in [1.54, 1.807) is 0 Å². The molecule has 0 bridgehead atoms. The van der Waals surface area contributed by atoms with Crippen molar-refractivity contribution in [3.05, 3.63) is 11.8 Å². The molecule has 11 heavy (non-hydrogen) atoms. The second kappa shape index (κ2) is 3.77.